The topological polar surface area (TPSA) is 85.6 Å². The molecule has 9 heteroatoms. The first kappa shape index (κ1) is 17.8. The summed E-state index contributed by atoms with van der Waals surface area (Å²) in [5.41, 5.74) is 1.06. The predicted molar refractivity (Wildman–Crippen MR) is 107 cm³/mol. The number of nitrogens with one attached hydrogen (secondary N) is 1. The van der Waals surface area contributed by atoms with E-state index in [1.54, 1.807) is 11.8 Å². The maximum atomic E-state index is 12.3. The Morgan fingerprint density at radius 1 is 1.11 bits per heavy atom. The van der Waals surface area contributed by atoms with E-state index in [9.17, 15) is 4.79 Å². The van der Waals surface area contributed by atoms with Gasteiger partial charge in [0.15, 0.2) is 5.16 Å². The second-order valence-electron chi connectivity index (χ2n) is 7.17. The third-order valence-corrected chi connectivity index (χ3v) is 6.89. The molecule has 0 unspecified atom stereocenters. The summed E-state index contributed by atoms with van der Waals surface area (Å²) >= 11 is 2.97. The van der Waals surface area contributed by atoms with E-state index in [0.717, 1.165) is 21.6 Å². The monoisotopic (exact) mass is 412 g/mol. The Balaban J connectivity index is 1.20. The molecule has 2 aromatic heterocycles. The molecule has 5 rings (SSSR count). The summed E-state index contributed by atoms with van der Waals surface area (Å²) in [7, 11) is 0. The first-order valence-corrected chi connectivity index (χ1v) is 11.3. The van der Waals surface area contributed by atoms with Gasteiger partial charge in [0.05, 0.1) is 5.75 Å². The van der Waals surface area contributed by atoms with E-state index < -0.39 is 0 Å². The zero-order valence-corrected chi connectivity index (χ0v) is 16.9. The van der Waals surface area contributed by atoms with Crippen LogP contribution in [0.1, 0.15) is 63.8 Å². The number of thioether (sulfide) groups is 1. The Hall–Kier alpha value is -2.26. The predicted octanol–water partition coefficient (Wildman–Crippen LogP) is 3.56. The minimum absolute atomic E-state index is 0.185. The van der Waals surface area contributed by atoms with Crippen molar-refractivity contribution in [2.75, 3.05) is 0 Å². The van der Waals surface area contributed by atoms with Crippen LogP contribution in [0.2, 0.25) is 0 Å². The summed E-state index contributed by atoms with van der Waals surface area (Å²) in [5, 5.41) is 22.2. The lowest BCUT2D eigenvalue weighted by atomic mass is 10.2. The Morgan fingerprint density at radius 2 is 1.93 bits per heavy atom. The molecule has 2 aliphatic rings. The standard InChI is InChI=1S/C19H20N6OS2/c26-17(20-10-12-4-2-1-3-5-12)18-23-21-15(28-18)11-27-19-24-22-16(13-6-7-13)25(19)14-8-9-14/h1-5,13-14H,6-11H2,(H,20,26). The quantitative estimate of drug-likeness (QED) is 0.569. The van der Waals surface area contributed by atoms with Crippen LogP contribution in [-0.4, -0.2) is 30.9 Å². The van der Waals surface area contributed by atoms with Crippen LogP contribution in [0.15, 0.2) is 35.5 Å². The molecule has 1 N–H and O–H groups in total. The first-order chi connectivity index (χ1) is 13.8. The summed E-state index contributed by atoms with van der Waals surface area (Å²) in [5.74, 6) is 2.22. The van der Waals surface area contributed by atoms with Crippen molar-refractivity contribution in [3.05, 3.63) is 51.7 Å². The minimum Gasteiger partial charge on any atom is -0.346 e. The highest BCUT2D eigenvalue weighted by atomic mass is 32.2. The lowest BCUT2D eigenvalue weighted by Gasteiger charge is -2.07. The van der Waals surface area contributed by atoms with Crippen LogP contribution >= 0.6 is 23.1 Å². The molecule has 0 atom stereocenters. The normalized spacial score (nSPS) is 16.3. The van der Waals surface area contributed by atoms with Crippen LogP contribution in [0.4, 0.5) is 0 Å². The molecule has 28 heavy (non-hydrogen) atoms. The van der Waals surface area contributed by atoms with Crippen LogP contribution < -0.4 is 5.32 Å². The van der Waals surface area contributed by atoms with E-state index in [0.29, 0.717) is 29.3 Å². The number of aromatic nitrogens is 5. The van der Waals surface area contributed by atoms with Crippen LogP contribution in [0, 0.1) is 0 Å². The lowest BCUT2D eigenvalue weighted by molar-refractivity contribution is 0.0950. The third-order valence-electron chi connectivity index (χ3n) is 4.83. The number of benzene rings is 1. The molecule has 2 aliphatic carbocycles. The highest BCUT2D eigenvalue weighted by Gasteiger charge is 2.36. The molecule has 144 valence electrons. The molecule has 2 saturated carbocycles. The van der Waals surface area contributed by atoms with Crippen molar-refractivity contribution < 1.29 is 4.79 Å². The summed E-state index contributed by atoms with van der Waals surface area (Å²) in [4.78, 5) is 12.3. The molecule has 0 radical (unpaired) electrons. The van der Waals surface area contributed by atoms with E-state index in [2.05, 4.69) is 30.3 Å². The maximum absolute atomic E-state index is 12.3. The summed E-state index contributed by atoms with van der Waals surface area (Å²) in [6.45, 7) is 0.484. The second-order valence-corrected chi connectivity index (χ2v) is 9.18. The fourth-order valence-electron chi connectivity index (χ4n) is 3.07. The van der Waals surface area contributed by atoms with Gasteiger partial charge in [-0.05, 0) is 31.2 Å². The molecule has 1 aromatic carbocycles. The number of nitrogens with zero attached hydrogens (tertiary/aromatic N) is 5. The van der Waals surface area contributed by atoms with E-state index >= 15 is 0 Å². The molecular formula is C19H20N6OS2. The van der Waals surface area contributed by atoms with Gasteiger partial charge in [0.1, 0.15) is 10.8 Å². The largest absolute Gasteiger partial charge is 0.346 e. The van der Waals surface area contributed by atoms with Crippen LogP contribution in [0.5, 0.6) is 0 Å². The molecule has 1 amide bonds. The Morgan fingerprint density at radius 3 is 2.68 bits per heavy atom. The number of amides is 1. The first-order valence-electron chi connectivity index (χ1n) is 9.50. The zero-order valence-electron chi connectivity index (χ0n) is 15.2. The number of carbonyl (C=O) groups excluding carboxylic acids is 1. The Kier molecular flexibility index (Phi) is 4.86. The molecule has 0 saturated heterocycles. The summed E-state index contributed by atoms with van der Waals surface area (Å²) < 4.78 is 2.33. The zero-order chi connectivity index (χ0) is 18.9. The van der Waals surface area contributed by atoms with Crippen molar-refractivity contribution in [2.24, 2.45) is 0 Å². The van der Waals surface area contributed by atoms with Gasteiger partial charge in [-0.25, -0.2) is 0 Å². The summed E-state index contributed by atoms with van der Waals surface area (Å²) in [6, 6.07) is 10.4. The highest BCUT2D eigenvalue weighted by Crippen LogP contribution is 2.46. The van der Waals surface area contributed by atoms with Gasteiger partial charge in [0.2, 0.25) is 5.01 Å². The number of hydrogen-bond donors (Lipinski definition) is 1. The van der Waals surface area contributed by atoms with Gasteiger partial charge in [-0.3, -0.25) is 4.79 Å². The third kappa shape index (κ3) is 3.95. The highest BCUT2D eigenvalue weighted by molar-refractivity contribution is 7.98. The molecule has 0 bridgehead atoms. The Bertz CT molecular complexity index is 977. The average Bonchev–Trinajstić information content (AvgIpc) is 3.66. The average molecular weight is 413 g/mol. The van der Waals surface area contributed by atoms with Crippen LogP contribution in [0.25, 0.3) is 0 Å². The molecule has 7 nitrogen and oxygen atoms in total. The molecule has 0 aliphatic heterocycles. The molecular weight excluding hydrogens is 392 g/mol. The minimum atomic E-state index is -0.185. The fraction of sp³-hybridized carbons (Fsp3) is 0.421. The van der Waals surface area contributed by atoms with Gasteiger partial charge in [0, 0.05) is 18.5 Å². The van der Waals surface area contributed by atoms with E-state index in [1.807, 2.05) is 30.3 Å². The lowest BCUT2D eigenvalue weighted by Crippen LogP contribution is -2.22. The second kappa shape index (κ2) is 7.63. The van der Waals surface area contributed by atoms with Gasteiger partial charge >= 0.3 is 0 Å². The molecule has 2 fully saturated rings. The van der Waals surface area contributed by atoms with Gasteiger partial charge < -0.3 is 9.88 Å². The van der Waals surface area contributed by atoms with Crippen LogP contribution in [0.3, 0.4) is 0 Å². The smallest absolute Gasteiger partial charge is 0.282 e. The number of rotatable bonds is 8. The van der Waals surface area contributed by atoms with Crippen molar-refractivity contribution in [1.82, 2.24) is 30.3 Å². The van der Waals surface area contributed by atoms with Gasteiger partial charge in [-0.15, -0.1) is 20.4 Å². The summed E-state index contributed by atoms with van der Waals surface area (Å²) in [6.07, 6.45) is 4.90. The van der Waals surface area contributed by atoms with Crippen molar-refractivity contribution in [3.8, 4) is 0 Å². The van der Waals surface area contributed by atoms with Gasteiger partial charge in [-0.2, -0.15) is 0 Å². The van der Waals surface area contributed by atoms with E-state index in [1.165, 1.54) is 37.0 Å². The molecule has 3 aromatic rings. The van der Waals surface area contributed by atoms with Crippen LogP contribution in [-0.2, 0) is 12.3 Å². The maximum Gasteiger partial charge on any atom is 0.282 e. The molecule has 0 spiro atoms. The number of carbonyl (C=O) groups is 1. The SMILES string of the molecule is O=C(NCc1ccccc1)c1nnc(CSc2nnc(C3CC3)n2C2CC2)s1. The number of hydrogen-bond acceptors (Lipinski definition) is 7. The fourth-order valence-corrected chi connectivity index (χ4v) is 4.82. The van der Waals surface area contributed by atoms with Crippen molar-refractivity contribution in [2.45, 2.75) is 55.1 Å². The van der Waals surface area contributed by atoms with Crippen molar-refractivity contribution >= 4 is 29.0 Å². The van der Waals surface area contributed by atoms with Crippen molar-refractivity contribution in [3.63, 3.8) is 0 Å². The van der Waals surface area contributed by atoms with E-state index in [-0.39, 0.29) is 5.91 Å². The molecule has 2 heterocycles. The van der Waals surface area contributed by atoms with Crippen molar-refractivity contribution in [1.29, 1.82) is 0 Å². The van der Waals surface area contributed by atoms with E-state index in [4.69, 9.17) is 0 Å². The van der Waals surface area contributed by atoms with Gasteiger partial charge in [0.25, 0.3) is 5.91 Å². The Labute approximate surface area is 171 Å². The van der Waals surface area contributed by atoms with Gasteiger partial charge in [-0.1, -0.05) is 53.4 Å².